The van der Waals surface area contributed by atoms with Crippen LogP contribution in [0.2, 0.25) is 0 Å². The van der Waals surface area contributed by atoms with Crippen LogP contribution in [0.4, 0.5) is 0 Å². The first-order valence-electron chi connectivity index (χ1n) is 17.8. The summed E-state index contributed by atoms with van der Waals surface area (Å²) in [6, 6.07) is 59.7. The highest BCUT2D eigenvalue weighted by Gasteiger charge is 2.24. The van der Waals surface area contributed by atoms with E-state index in [9.17, 15) is 10.2 Å². The molecule has 0 amide bonds. The lowest BCUT2D eigenvalue weighted by Gasteiger charge is -2.16. The molecule has 0 spiro atoms. The number of benzene rings is 7. The molecule has 0 unspecified atom stereocenters. The predicted octanol–water partition coefficient (Wildman–Crippen LogP) is 11.9. The molecule has 0 saturated heterocycles. The van der Waals surface area contributed by atoms with Gasteiger partial charge in [-0.3, -0.25) is 0 Å². The van der Waals surface area contributed by atoms with Crippen LogP contribution in [0.25, 0.3) is 90.1 Å². The lowest BCUT2D eigenvalue weighted by atomic mass is 9.90. The standard InChI is InChI=1S/C48H34N4O2/c53-37-25-21-31(22-26-37)39-29-40(32-23-27-38(54)28-24-32)42(48-51-45(35-17-9-3-10-18-35)46(52-48)36-19-11-4-12-20-36)30-41(39)47-49-43(33-13-5-1-6-14-33)44(50-47)34-15-7-2-8-16-34/h1-30,53-54H,(H,49,50)(H,51,52). The summed E-state index contributed by atoms with van der Waals surface area (Å²) in [4.78, 5) is 18.1. The van der Waals surface area contributed by atoms with Crippen molar-refractivity contribution < 1.29 is 10.2 Å². The third-order valence-electron chi connectivity index (χ3n) is 9.65. The number of aromatic nitrogens is 4. The molecule has 0 fully saturated rings. The number of phenolic OH excluding ortho intramolecular Hbond substituents is 2. The van der Waals surface area contributed by atoms with Crippen LogP contribution in [0.5, 0.6) is 11.5 Å². The summed E-state index contributed by atoms with van der Waals surface area (Å²) in [5.41, 5.74) is 12.9. The molecule has 0 aliphatic heterocycles. The third kappa shape index (κ3) is 6.22. The van der Waals surface area contributed by atoms with Gasteiger partial charge in [-0.25, -0.2) is 9.97 Å². The van der Waals surface area contributed by atoms with E-state index in [1.165, 1.54) is 0 Å². The number of H-pyrrole nitrogens is 2. The number of hydrogen-bond acceptors (Lipinski definition) is 4. The normalized spacial score (nSPS) is 11.1. The third-order valence-corrected chi connectivity index (χ3v) is 9.65. The van der Waals surface area contributed by atoms with Gasteiger partial charge in [-0.15, -0.1) is 0 Å². The van der Waals surface area contributed by atoms with Crippen LogP contribution in [-0.2, 0) is 0 Å². The van der Waals surface area contributed by atoms with Crippen LogP contribution in [-0.4, -0.2) is 30.1 Å². The van der Waals surface area contributed by atoms with Crippen LogP contribution in [0, 0.1) is 0 Å². The molecular formula is C48H34N4O2. The minimum atomic E-state index is 0.184. The Kier molecular flexibility index (Phi) is 8.38. The number of imidazole rings is 2. The Morgan fingerprint density at radius 1 is 0.315 bits per heavy atom. The average Bonchev–Trinajstić information content (AvgIpc) is 3.89. The van der Waals surface area contributed by atoms with Crippen LogP contribution in [0.15, 0.2) is 182 Å². The first-order valence-corrected chi connectivity index (χ1v) is 17.8. The zero-order valence-electron chi connectivity index (χ0n) is 29.1. The van der Waals surface area contributed by atoms with Gasteiger partial charge in [0, 0.05) is 33.4 Å². The van der Waals surface area contributed by atoms with Gasteiger partial charge < -0.3 is 20.2 Å². The van der Waals surface area contributed by atoms with Gasteiger partial charge in [-0.1, -0.05) is 146 Å². The van der Waals surface area contributed by atoms with Gasteiger partial charge in [0.2, 0.25) is 0 Å². The van der Waals surface area contributed by atoms with Gasteiger partial charge in [0.05, 0.1) is 22.8 Å². The van der Waals surface area contributed by atoms with E-state index in [0.717, 1.165) is 78.4 Å². The van der Waals surface area contributed by atoms with Crippen molar-refractivity contribution in [3.05, 3.63) is 182 Å². The van der Waals surface area contributed by atoms with E-state index in [0.29, 0.717) is 11.6 Å². The molecular weight excluding hydrogens is 665 g/mol. The maximum atomic E-state index is 10.3. The summed E-state index contributed by atoms with van der Waals surface area (Å²) < 4.78 is 0. The Labute approximate surface area is 312 Å². The van der Waals surface area contributed by atoms with Crippen LogP contribution < -0.4 is 0 Å². The molecule has 0 aliphatic carbocycles. The van der Waals surface area contributed by atoms with E-state index < -0.39 is 0 Å². The van der Waals surface area contributed by atoms with Crippen molar-refractivity contribution in [2.75, 3.05) is 0 Å². The highest BCUT2D eigenvalue weighted by atomic mass is 16.3. The van der Waals surface area contributed by atoms with Crippen LogP contribution in [0.3, 0.4) is 0 Å². The van der Waals surface area contributed by atoms with Gasteiger partial charge in [0.15, 0.2) is 0 Å². The second kappa shape index (κ2) is 13.9. The van der Waals surface area contributed by atoms with E-state index in [2.05, 4.69) is 70.6 Å². The van der Waals surface area contributed by atoms with Crippen molar-refractivity contribution in [3.8, 4) is 102 Å². The minimum absolute atomic E-state index is 0.184. The second-order valence-electron chi connectivity index (χ2n) is 13.1. The average molecular weight is 699 g/mol. The zero-order valence-corrected chi connectivity index (χ0v) is 29.1. The molecule has 6 heteroatoms. The van der Waals surface area contributed by atoms with Gasteiger partial charge in [-0.2, -0.15) is 0 Å². The van der Waals surface area contributed by atoms with E-state index in [4.69, 9.17) is 9.97 Å². The Hall–Kier alpha value is -7.44. The molecule has 54 heavy (non-hydrogen) atoms. The molecule has 2 heterocycles. The number of nitrogens with one attached hydrogen (secondary N) is 2. The van der Waals surface area contributed by atoms with E-state index >= 15 is 0 Å². The molecule has 9 rings (SSSR count). The molecule has 0 atom stereocenters. The quantitative estimate of drug-likeness (QED) is 0.127. The monoisotopic (exact) mass is 698 g/mol. The molecule has 0 saturated carbocycles. The number of hydrogen-bond donors (Lipinski definition) is 4. The van der Waals surface area contributed by atoms with Gasteiger partial charge >= 0.3 is 0 Å². The van der Waals surface area contributed by atoms with Crippen molar-refractivity contribution in [2.45, 2.75) is 0 Å². The molecule has 258 valence electrons. The molecule has 6 nitrogen and oxygen atoms in total. The number of phenols is 2. The van der Waals surface area contributed by atoms with Crippen molar-refractivity contribution in [2.24, 2.45) is 0 Å². The second-order valence-corrected chi connectivity index (χ2v) is 13.1. The fourth-order valence-corrected chi connectivity index (χ4v) is 6.99. The summed E-state index contributed by atoms with van der Waals surface area (Å²) in [5.74, 6) is 1.74. The van der Waals surface area contributed by atoms with Crippen LogP contribution in [0.1, 0.15) is 0 Å². The van der Waals surface area contributed by atoms with Crippen molar-refractivity contribution in [1.82, 2.24) is 19.9 Å². The van der Waals surface area contributed by atoms with Gasteiger partial charge in [0.1, 0.15) is 23.1 Å². The molecule has 7 aromatic carbocycles. The summed E-state index contributed by atoms with van der Waals surface area (Å²) in [6.45, 7) is 0. The number of nitrogens with zero attached hydrogens (tertiary/aromatic N) is 2. The van der Waals surface area contributed by atoms with Crippen molar-refractivity contribution in [3.63, 3.8) is 0 Å². The minimum Gasteiger partial charge on any atom is -0.508 e. The summed E-state index contributed by atoms with van der Waals surface area (Å²) in [7, 11) is 0. The van der Waals surface area contributed by atoms with Crippen molar-refractivity contribution >= 4 is 0 Å². The van der Waals surface area contributed by atoms with Crippen molar-refractivity contribution in [1.29, 1.82) is 0 Å². The predicted molar refractivity (Wildman–Crippen MR) is 218 cm³/mol. The van der Waals surface area contributed by atoms with Gasteiger partial charge in [0.25, 0.3) is 0 Å². The fourth-order valence-electron chi connectivity index (χ4n) is 6.99. The zero-order chi connectivity index (χ0) is 36.4. The summed E-state index contributed by atoms with van der Waals surface area (Å²) in [6.07, 6.45) is 0. The highest BCUT2D eigenvalue weighted by Crippen LogP contribution is 2.44. The fraction of sp³-hybridized carbons (Fsp3) is 0. The first kappa shape index (κ1) is 32.5. The topological polar surface area (TPSA) is 97.8 Å². The Morgan fingerprint density at radius 2 is 0.630 bits per heavy atom. The highest BCUT2D eigenvalue weighted by molar-refractivity contribution is 5.95. The van der Waals surface area contributed by atoms with E-state index in [1.807, 2.05) is 97.1 Å². The maximum absolute atomic E-state index is 10.3. The Balaban J connectivity index is 1.35. The lowest BCUT2D eigenvalue weighted by Crippen LogP contribution is -1.95. The SMILES string of the molecule is Oc1ccc(-c2cc(-c3ccc(O)cc3)c(-c3nc(-c4ccccc4)c(-c4ccccc4)[nH]3)cc2-c2nc(-c3ccccc3)c(-c3ccccc3)[nH]2)cc1. The number of aromatic amines is 2. The number of aromatic hydroxyl groups is 2. The smallest absolute Gasteiger partial charge is 0.139 e. The largest absolute Gasteiger partial charge is 0.508 e. The molecule has 4 N–H and O–H groups in total. The molecule has 9 aromatic rings. The summed E-state index contributed by atoms with van der Waals surface area (Å²) in [5, 5.41) is 20.6. The molecule has 2 aromatic heterocycles. The van der Waals surface area contributed by atoms with E-state index in [1.54, 1.807) is 24.3 Å². The van der Waals surface area contributed by atoms with E-state index in [-0.39, 0.29) is 11.5 Å². The lowest BCUT2D eigenvalue weighted by molar-refractivity contribution is 0.475. The molecule has 0 bridgehead atoms. The summed E-state index contributed by atoms with van der Waals surface area (Å²) >= 11 is 0. The van der Waals surface area contributed by atoms with Crippen LogP contribution >= 0.6 is 0 Å². The molecule has 0 aliphatic rings. The Bertz CT molecular complexity index is 2390. The first-order chi connectivity index (χ1) is 26.6. The maximum Gasteiger partial charge on any atom is 0.139 e. The number of rotatable bonds is 8. The Morgan fingerprint density at radius 3 is 0.981 bits per heavy atom. The molecule has 0 radical (unpaired) electrons. The van der Waals surface area contributed by atoms with Gasteiger partial charge in [-0.05, 0) is 58.7 Å².